The van der Waals surface area contributed by atoms with Crippen molar-refractivity contribution < 1.29 is 34.0 Å². The molecule has 4 aromatic rings. The molecule has 2 N–H and O–H groups in total. The van der Waals surface area contributed by atoms with Crippen LogP contribution >= 0.6 is 0 Å². The van der Waals surface area contributed by atoms with Gasteiger partial charge in [-0.2, -0.15) is 0 Å². The molecule has 0 bridgehead atoms. The fraction of sp³-hybridized carbons (Fsp3) is 0.390. The van der Waals surface area contributed by atoms with Gasteiger partial charge in [0.05, 0.1) is 0 Å². The van der Waals surface area contributed by atoms with Crippen molar-refractivity contribution in [2.24, 2.45) is 0 Å². The Kier molecular flexibility index (Phi) is 13.9. The summed E-state index contributed by atoms with van der Waals surface area (Å²) in [5.41, 5.74) is 4.23. The monoisotopic (exact) mass is 656 g/mol. The number of carbonyl (C=O) groups excluding carboxylic acids is 1. The third-order valence-corrected chi connectivity index (χ3v) is 8.44. The topological polar surface area (TPSA) is 94.5 Å². The lowest BCUT2D eigenvalue weighted by Crippen LogP contribution is -2.25. The maximum atomic E-state index is 11.7. The molecule has 7 nitrogen and oxygen atoms in total. The number of hydrogen-bond donors (Lipinski definition) is 2. The largest absolute Gasteiger partial charge is 0.514 e. The maximum absolute atomic E-state index is 11.7. The molecule has 5 unspecified atom stereocenters. The van der Waals surface area contributed by atoms with Crippen LogP contribution < -0.4 is 9.47 Å². The highest BCUT2D eigenvalue weighted by Crippen LogP contribution is 2.35. The Morgan fingerprint density at radius 3 is 1.25 bits per heavy atom. The summed E-state index contributed by atoms with van der Waals surface area (Å²) in [6, 6.07) is 30.4. The smallest absolute Gasteiger partial charge is 0.508 e. The van der Waals surface area contributed by atoms with Gasteiger partial charge in [0.2, 0.25) is 0 Å². The number of carbonyl (C=O) groups is 1. The second-order valence-corrected chi connectivity index (χ2v) is 13.2. The molecular formula is C41H52O7. The van der Waals surface area contributed by atoms with Gasteiger partial charge >= 0.3 is 6.16 Å². The van der Waals surface area contributed by atoms with E-state index in [9.17, 15) is 15.0 Å². The second kappa shape index (κ2) is 17.6. The van der Waals surface area contributed by atoms with Crippen LogP contribution in [0.1, 0.15) is 108 Å². The third-order valence-electron chi connectivity index (χ3n) is 8.44. The molecule has 0 aliphatic heterocycles. The molecule has 258 valence electrons. The van der Waals surface area contributed by atoms with Crippen molar-refractivity contribution in [2.75, 3.05) is 6.61 Å². The van der Waals surface area contributed by atoms with E-state index in [-0.39, 0.29) is 18.0 Å². The van der Waals surface area contributed by atoms with Gasteiger partial charge in [0, 0.05) is 6.61 Å². The standard InChI is InChI=1S/C21H26O4.C20H26O3/c1-14(16-6-10-18(22)11-7-16)15(2)17-8-12-19(13-9-17)24-20(23)25-21(3,4)5;1-5-22-16(4)23-20-12-8-18(9-13-20)15(3)14(2)17-6-10-19(21)11-7-17/h6-15,22H,1-5H3;6-16,21H,5H2,1-4H3. The van der Waals surface area contributed by atoms with Crippen LogP contribution in [0.25, 0.3) is 0 Å². The van der Waals surface area contributed by atoms with Gasteiger partial charge in [0.15, 0.2) is 6.29 Å². The van der Waals surface area contributed by atoms with Crippen LogP contribution in [0.3, 0.4) is 0 Å². The van der Waals surface area contributed by atoms with E-state index in [0.717, 1.165) is 11.3 Å². The molecule has 0 spiro atoms. The molecule has 0 fully saturated rings. The van der Waals surface area contributed by atoms with E-state index in [0.29, 0.717) is 35.9 Å². The fourth-order valence-electron chi connectivity index (χ4n) is 5.23. The van der Waals surface area contributed by atoms with Gasteiger partial charge in [0.25, 0.3) is 0 Å². The first-order chi connectivity index (χ1) is 22.7. The molecule has 0 heterocycles. The van der Waals surface area contributed by atoms with E-state index in [4.69, 9.17) is 18.9 Å². The first kappa shape index (κ1) is 38.0. The highest BCUT2D eigenvalue weighted by molar-refractivity contribution is 5.64. The second-order valence-electron chi connectivity index (χ2n) is 13.2. The third kappa shape index (κ3) is 11.9. The summed E-state index contributed by atoms with van der Waals surface area (Å²) in [6.45, 7) is 18.6. The van der Waals surface area contributed by atoms with E-state index >= 15 is 0 Å². The molecule has 0 radical (unpaired) electrons. The molecule has 7 heteroatoms. The van der Waals surface area contributed by atoms with Crippen molar-refractivity contribution in [3.05, 3.63) is 119 Å². The van der Waals surface area contributed by atoms with Crippen molar-refractivity contribution in [1.82, 2.24) is 0 Å². The zero-order chi connectivity index (χ0) is 35.4. The van der Waals surface area contributed by atoms with Gasteiger partial charge in [-0.3, -0.25) is 0 Å². The van der Waals surface area contributed by atoms with Crippen molar-refractivity contribution in [2.45, 2.75) is 97.9 Å². The average molecular weight is 657 g/mol. The normalized spacial score (nSPS) is 14.4. The van der Waals surface area contributed by atoms with E-state index in [1.54, 1.807) is 57.2 Å². The van der Waals surface area contributed by atoms with Gasteiger partial charge in [-0.05, 0) is 129 Å². The predicted octanol–water partition coefficient (Wildman–Crippen LogP) is 10.7. The molecule has 48 heavy (non-hydrogen) atoms. The van der Waals surface area contributed by atoms with Crippen LogP contribution in [0, 0.1) is 0 Å². The van der Waals surface area contributed by atoms with E-state index in [2.05, 4.69) is 39.8 Å². The van der Waals surface area contributed by atoms with Gasteiger partial charge in [0.1, 0.15) is 28.6 Å². The minimum atomic E-state index is -0.703. The molecule has 0 saturated carbocycles. The highest BCUT2D eigenvalue weighted by atomic mass is 16.7. The van der Waals surface area contributed by atoms with Crippen molar-refractivity contribution in [1.29, 1.82) is 0 Å². The predicted molar refractivity (Wildman–Crippen MR) is 191 cm³/mol. The molecule has 5 atom stereocenters. The van der Waals surface area contributed by atoms with Crippen molar-refractivity contribution in [3.63, 3.8) is 0 Å². The molecular weight excluding hydrogens is 604 g/mol. The van der Waals surface area contributed by atoms with E-state index < -0.39 is 11.8 Å². The lowest BCUT2D eigenvalue weighted by molar-refractivity contribution is -0.0613. The first-order valence-corrected chi connectivity index (χ1v) is 16.6. The fourth-order valence-corrected chi connectivity index (χ4v) is 5.23. The summed E-state index contributed by atoms with van der Waals surface area (Å²) < 4.78 is 21.4. The minimum Gasteiger partial charge on any atom is -0.508 e. The maximum Gasteiger partial charge on any atom is 0.514 e. The van der Waals surface area contributed by atoms with Gasteiger partial charge < -0.3 is 29.2 Å². The number of benzene rings is 4. The molecule has 0 saturated heterocycles. The lowest BCUT2D eigenvalue weighted by Gasteiger charge is -2.21. The number of phenolic OH excluding ortho intramolecular Hbond substituents is 2. The minimum absolute atomic E-state index is 0.237. The average Bonchev–Trinajstić information content (AvgIpc) is 3.04. The SMILES string of the molecule is CC(c1ccc(O)cc1)C(C)c1ccc(OC(=O)OC(C)(C)C)cc1.CCOC(C)Oc1ccc(C(C)C(C)c2ccc(O)cc2)cc1. The molecule has 4 rings (SSSR count). The zero-order valence-electron chi connectivity index (χ0n) is 29.8. The summed E-state index contributed by atoms with van der Waals surface area (Å²) >= 11 is 0. The van der Waals surface area contributed by atoms with Crippen LogP contribution in [0.4, 0.5) is 4.79 Å². The first-order valence-electron chi connectivity index (χ1n) is 16.6. The van der Waals surface area contributed by atoms with Crippen molar-refractivity contribution in [3.8, 4) is 23.0 Å². The Morgan fingerprint density at radius 1 is 0.583 bits per heavy atom. The molecule has 0 aliphatic carbocycles. The van der Waals surface area contributed by atoms with Crippen LogP contribution in [0.15, 0.2) is 97.1 Å². The summed E-state index contributed by atoms with van der Waals surface area (Å²) in [6.07, 6.45) is -0.940. The van der Waals surface area contributed by atoms with E-state index in [1.165, 1.54) is 16.7 Å². The van der Waals surface area contributed by atoms with Crippen LogP contribution in [-0.4, -0.2) is 34.9 Å². The number of aromatic hydroxyl groups is 2. The zero-order valence-corrected chi connectivity index (χ0v) is 29.8. The Labute approximate surface area is 286 Å². The summed E-state index contributed by atoms with van der Waals surface area (Å²) in [5.74, 6) is 3.16. The molecule has 0 aliphatic rings. The van der Waals surface area contributed by atoms with Crippen LogP contribution in [0.2, 0.25) is 0 Å². The van der Waals surface area contributed by atoms with Crippen LogP contribution in [0.5, 0.6) is 23.0 Å². The Hall–Kier alpha value is -4.49. The van der Waals surface area contributed by atoms with Gasteiger partial charge in [-0.25, -0.2) is 4.79 Å². The summed E-state index contributed by atoms with van der Waals surface area (Å²) in [5, 5.41) is 18.8. The van der Waals surface area contributed by atoms with Crippen molar-refractivity contribution >= 4 is 6.16 Å². The summed E-state index contributed by atoms with van der Waals surface area (Å²) in [7, 11) is 0. The number of rotatable bonds is 11. The number of ether oxygens (including phenoxy) is 4. The number of hydrogen-bond acceptors (Lipinski definition) is 7. The Bertz CT molecular complexity index is 1520. The molecule has 0 amide bonds. The Morgan fingerprint density at radius 2 is 0.917 bits per heavy atom. The molecule has 0 aromatic heterocycles. The summed E-state index contributed by atoms with van der Waals surface area (Å²) in [4.78, 5) is 11.7. The lowest BCUT2D eigenvalue weighted by atomic mass is 9.84. The quantitative estimate of drug-likeness (QED) is 0.0942. The van der Waals surface area contributed by atoms with E-state index in [1.807, 2.05) is 62.4 Å². The Balaban J connectivity index is 0.000000261. The van der Waals surface area contributed by atoms with Gasteiger partial charge in [-0.1, -0.05) is 76.2 Å². The van der Waals surface area contributed by atoms with Gasteiger partial charge in [-0.15, -0.1) is 0 Å². The number of phenols is 2. The van der Waals surface area contributed by atoms with Crippen LogP contribution in [-0.2, 0) is 9.47 Å². The highest BCUT2D eigenvalue weighted by Gasteiger charge is 2.20. The molecule has 4 aromatic carbocycles.